The molecule has 0 saturated carbocycles. The normalized spacial score (nSPS) is 13.6. The molecular weight excluding hydrogens is 362 g/mol. The standard InChI is InChI=1S/C15H25Si.3ClH.Ti/c1-11-9-12(10-16-15(2,3)4)14-8-6-5-7-13(11)14;;;;/h9H,5-8,10,16H2,1-4H3;3*1H;/q-1;;;;+4/p-3. The quantitative estimate of drug-likeness (QED) is 0.351. The van der Waals surface area contributed by atoms with Crippen LogP contribution in [0.15, 0.2) is 6.07 Å². The third-order valence-corrected chi connectivity index (χ3v) is 6.16. The Hall–Kier alpha value is 1.15. The molecule has 0 nitrogen and oxygen atoms in total. The Bertz CT molecular complexity index is 383. The van der Waals surface area contributed by atoms with Crippen molar-refractivity contribution in [1.29, 1.82) is 0 Å². The largest absolute Gasteiger partial charge is 4.00 e. The van der Waals surface area contributed by atoms with Gasteiger partial charge in [0.05, 0.1) is 0 Å². The Balaban J connectivity index is -0.000000722. The van der Waals surface area contributed by atoms with Crippen LogP contribution in [0.4, 0.5) is 0 Å². The average Bonchev–Trinajstić information content (AvgIpc) is 2.53. The van der Waals surface area contributed by atoms with E-state index in [1.807, 2.05) is 0 Å². The minimum Gasteiger partial charge on any atom is -1.00 e. The van der Waals surface area contributed by atoms with E-state index in [0.29, 0.717) is 5.04 Å². The molecule has 1 aliphatic carbocycles. The Labute approximate surface area is 160 Å². The third-order valence-electron chi connectivity index (χ3n) is 3.87. The molecule has 1 aromatic carbocycles. The van der Waals surface area contributed by atoms with E-state index in [-0.39, 0.29) is 68.5 Å². The van der Waals surface area contributed by atoms with Gasteiger partial charge in [-0.2, -0.15) is 28.3 Å². The van der Waals surface area contributed by atoms with Crippen molar-refractivity contribution >= 4 is 9.52 Å². The molecule has 0 bridgehead atoms. The van der Waals surface area contributed by atoms with E-state index < -0.39 is 0 Å². The maximum atomic E-state index is 2.49. The van der Waals surface area contributed by atoms with Crippen molar-refractivity contribution < 1.29 is 58.9 Å². The first-order valence-electron chi connectivity index (χ1n) is 6.74. The summed E-state index contributed by atoms with van der Waals surface area (Å²) in [7, 11) is 0.0344. The van der Waals surface area contributed by atoms with Gasteiger partial charge in [-0.1, -0.05) is 59.4 Å². The Morgan fingerprint density at radius 3 is 2.20 bits per heavy atom. The Kier molecular flexibility index (Phi) is 14.1. The third kappa shape index (κ3) is 6.94. The van der Waals surface area contributed by atoms with Gasteiger partial charge < -0.3 is 37.2 Å². The number of halogens is 3. The van der Waals surface area contributed by atoms with Crippen LogP contribution in [0.5, 0.6) is 0 Å². The first-order chi connectivity index (χ1) is 7.47. The molecule has 0 spiro atoms. The second-order valence-electron chi connectivity index (χ2n) is 6.58. The van der Waals surface area contributed by atoms with Gasteiger partial charge in [0.25, 0.3) is 0 Å². The minimum atomic E-state index is 0. The molecule has 114 valence electrons. The summed E-state index contributed by atoms with van der Waals surface area (Å²) in [6.07, 6.45) is 5.53. The number of rotatable bonds is 2. The van der Waals surface area contributed by atoms with Crippen LogP contribution in [-0.4, -0.2) is 9.52 Å². The predicted octanol–water partition coefficient (Wildman–Crippen LogP) is -5.51. The van der Waals surface area contributed by atoms with E-state index in [1.165, 1.54) is 31.7 Å². The smallest absolute Gasteiger partial charge is 1.00 e. The molecular formula is C15H25Cl3SiTi. The zero-order chi connectivity index (χ0) is 11.8. The molecule has 0 fully saturated rings. The fraction of sp³-hybridized carbons (Fsp3) is 0.667. The summed E-state index contributed by atoms with van der Waals surface area (Å²) in [5, 5.41) is 0.604. The van der Waals surface area contributed by atoms with E-state index in [1.54, 1.807) is 22.3 Å². The molecule has 0 saturated heterocycles. The topological polar surface area (TPSA) is 0 Å². The van der Waals surface area contributed by atoms with Gasteiger partial charge in [0.15, 0.2) is 0 Å². The van der Waals surface area contributed by atoms with Crippen LogP contribution in [0, 0.1) is 6.92 Å². The van der Waals surface area contributed by atoms with Gasteiger partial charge in [0, 0.05) is 9.52 Å². The van der Waals surface area contributed by atoms with Crippen LogP contribution in [-0.2, 0) is 40.6 Å². The first kappa shape index (κ1) is 26.1. The molecule has 0 N–H and O–H groups in total. The predicted molar refractivity (Wildman–Crippen MR) is 75.4 cm³/mol. The van der Waals surface area contributed by atoms with E-state index in [4.69, 9.17) is 0 Å². The van der Waals surface area contributed by atoms with Gasteiger partial charge in [-0.05, 0) is 5.04 Å². The molecule has 0 aliphatic heterocycles. The van der Waals surface area contributed by atoms with Gasteiger partial charge in [-0.3, -0.25) is 0 Å². The van der Waals surface area contributed by atoms with Crippen LogP contribution in [0.1, 0.15) is 55.9 Å². The molecule has 0 atom stereocenters. The van der Waals surface area contributed by atoms with Crippen molar-refractivity contribution in [2.75, 3.05) is 0 Å². The summed E-state index contributed by atoms with van der Waals surface area (Å²) in [6.45, 7) is 9.52. The summed E-state index contributed by atoms with van der Waals surface area (Å²) in [4.78, 5) is 0. The molecule has 5 heteroatoms. The molecule has 0 radical (unpaired) electrons. The van der Waals surface area contributed by atoms with Crippen molar-refractivity contribution in [3.63, 3.8) is 0 Å². The van der Waals surface area contributed by atoms with Crippen LogP contribution in [0.2, 0.25) is 5.04 Å². The molecule has 0 amide bonds. The fourth-order valence-corrected chi connectivity index (χ4v) is 4.33. The van der Waals surface area contributed by atoms with Gasteiger partial charge in [-0.25, -0.2) is 0 Å². The second kappa shape index (κ2) is 10.8. The number of aryl methyl sites for hydroxylation is 1. The summed E-state index contributed by atoms with van der Waals surface area (Å²) in [5.41, 5.74) is 6.76. The molecule has 0 aromatic heterocycles. The van der Waals surface area contributed by atoms with Crippen molar-refractivity contribution in [2.45, 2.75) is 64.5 Å². The van der Waals surface area contributed by atoms with E-state index >= 15 is 0 Å². The van der Waals surface area contributed by atoms with Crippen molar-refractivity contribution in [3.05, 3.63) is 28.3 Å². The SMILES string of the molecule is Cc1c[c-](C[SiH2]C(C)(C)C)c2c1CCCC2.[Cl-].[Cl-].[Cl-].[Ti+4]. The van der Waals surface area contributed by atoms with Crippen LogP contribution >= 0.6 is 0 Å². The van der Waals surface area contributed by atoms with Gasteiger partial charge in [-0.15, -0.1) is 0 Å². The first-order valence-corrected chi connectivity index (χ1v) is 8.45. The molecule has 1 aromatic rings. The summed E-state index contributed by atoms with van der Waals surface area (Å²) in [5.74, 6) is 0. The number of hydrogen-bond donors (Lipinski definition) is 0. The van der Waals surface area contributed by atoms with Crippen molar-refractivity contribution in [2.24, 2.45) is 0 Å². The van der Waals surface area contributed by atoms with Crippen LogP contribution < -0.4 is 37.2 Å². The minimum absolute atomic E-state index is 0. The summed E-state index contributed by atoms with van der Waals surface area (Å²) in [6, 6.07) is 3.91. The van der Waals surface area contributed by atoms with Gasteiger partial charge in [0.2, 0.25) is 0 Å². The summed E-state index contributed by atoms with van der Waals surface area (Å²) < 4.78 is 0. The molecule has 0 heterocycles. The van der Waals surface area contributed by atoms with E-state index in [2.05, 4.69) is 33.8 Å². The molecule has 20 heavy (non-hydrogen) atoms. The molecule has 0 unspecified atom stereocenters. The Morgan fingerprint density at radius 1 is 1.10 bits per heavy atom. The van der Waals surface area contributed by atoms with Crippen LogP contribution in [0.3, 0.4) is 0 Å². The van der Waals surface area contributed by atoms with E-state index in [9.17, 15) is 0 Å². The fourth-order valence-electron chi connectivity index (χ4n) is 2.86. The Morgan fingerprint density at radius 2 is 1.65 bits per heavy atom. The second-order valence-corrected chi connectivity index (χ2v) is 9.70. The monoisotopic (exact) mass is 386 g/mol. The van der Waals surface area contributed by atoms with E-state index in [0.717, 1.165) is 0 Å². The number of fused-ring (bicyclic) bond motifs is 1. The maximum absolute atomic E-state index is 2.49. The number of hydrogen-bond acceptors (Lipinski definition) is 0. The van der Waals surface area contributed by atoms with Crippen molar-refractivity contribution in [1.82, 2.24) is 0 Å². The molecule has 1 aliphatic rings. The van der Waals surface area contributed by atoms with Crippen LogP contribution in [0.25, 0.3) is 0 Å². The zero-order valence-corrected chi connectivity index (χ0v) is 18.2. The summed E-state index contributed by atoms with van der Waals surface area (Å²) >= 11 is 0. The zero-order valence-electron chi connectivity index (χ0n) is 13.0. The van der Waals surface area contributed by atoms with Gasteiger partial charge in [0.1, 0.15) is 0 Å². The van der Waals surface area contributed by atoms with Crippen molar-refractivity contribution in [3.8, 4) is 0 Å². The molecule has 2 rings (SSSR count). The average molecular weight is 388 g/mol. The maximum Gasteiger partial charge on any atom is 4.00 e. The van der Waals surface area contributed by atoms with Gasteiger partial charge >= 0.3 is 21.7 Å².